The average Bonchev–Trinajstić information content (AvgIpc) is 3.36. The van der Waals surface area contributed by atoms with Crippen molar-refractivity contribution in [1.82, 2.24) is 30.6 Å². The highest BCUT2D eigenvalue weighted by molar-refractivity contribution is 6.31. The van der Waals surface area contributed by atoms with Crippen LogP contribution in [-0.4, -0.2) is 84.1 Å². The van der Waals surface area contributed by atoms with Crippen LogP contribution in [0.3, 0.4) is 0 Å². The zero-order valence-electron chi connectivity index (χ0n) is 36.8. The number of benzene rings is 6. The maximum Gasteiger partial charge on any atom is 0.255 e. The molecule has 0 unspecified atom stereocenters. The van der Waals surface area contributed by atoms with Gasteiger partial charge in [0.25, 0.3) is 11.8 Å². The van der Waals surface area contributed by atoms with E-state index in [-0.39, 0.29) is 34.0 Å². The summed E-state index contributed by atoms with van der Waals surface area (Å²) in [7, 11) is 0. The molecular formula is C50H40ClF5N10O4. The van der Waals surface area contributed by atoms with Crippen LogP contribution in [0.2, 0.25) is 5.02 Å². The molecule has 0 saturated carbocycles. The summed E-state index contributed by atoms with van der Waals surface area (Å²) in [6.07, 6.45) is 3.41. The van der Waals surface area contributed by atoms with Crippen LogP contribution in [0.15, 0.2) is 122 Å². The molecule has 2 aliphatic rings. The SMILES string of the molecule is O=C(Nc1cc(F)c(Oc2ccc3ncc(N4CCNCC4)nc3c2)c(F)c1)c1cccc(Cl)c1.O=C(Nc1cc(F)c(Oc2ccc3ncc(N4CCNCC4)nc3c2)c(F)c1)c1cccc(F)c1. The smallest absolute Gasteiger partial charge is 0.255 e. The van der Waals surface area contributed by atoms with Gasteiger partial charge in [-0.25, -0.2) is 31.9 Å². The molecule has 2 aliphatic heterocycles. The predicted octanol–water partition coefficient (Wildman–Crippen LogP) is 9.52. The van der Waals surface area contributed by atoms with Crippen molar-refractivity contribution >= 4 is 68.5 Å². The van der Waals surface area contributed by atoms with Crippen LogP contribution >= 0.6 is 11.6 Å². The number of rotatable bonds is 10. The first-order chi connectivity index (χ1) is 33.9. The fourth-order valence-electron chi connectivity index (χ4n) is 7.54. The number of nitrogens with zero attached hydrogens (tertiary/aromatic N) is 6. The van der Waals surface area contributed by atoms with Crippen LogP contribution in [0, 0.1) is 29.1 Å². The first-order valence-electron chi connectivity index (χ1n) is 21.8. The molecule has 8 aromatic rings. The van der Waals surface area contributed by atoms with Crippen molar-refractivity contribution in [3.63, 3.8) is 0 Å². The molecule has 0 aliphatic carbocycles. The van der Waals surface area contributed by atoms with E-state index < -0.39 is 52.4 Å². The van der Waals surface area contributed by atoms with Gasteiger partial charge >= 0.3 is 0 Å². The number of aromatic nitrogens is 4. The maximum absolute atomic E-state index is 14.8. The molecule has 6 aromatic carbocycles. The average molecular weight is 975 g/mol. The highest BCUT2D eigenvalue weighted by Crippen LogP contribution is 2.34. The molecule has 0 spiro atoms. The van der Waals surface area contributed by atoms with E-state index in [1.807, 2.05) is 0 Å². The summed E-state index contributed by atoms with van der Waals surface area (Å²) >= 11 is 5.89. The lowest BCUT2D eigenvalue weighted by Crippen LogP contribution is -2.43. The molecule has 0 atom stereocenters. The van der Waals surface area contributed by atoms with Gasteiger partial charge in [0.1, 0.15) is 29.0 Å². The topological polar surface area (TPSA) is 159 Å². The van der Waals surface area contributed by atoms with Crippen LogP contribution in [-0.2, 0) is 0 Å². The molecule has 0 radical (unpaired) electrons. The lowest BCUT2D eigenvalue weighted by atomic mass is 10.2. The van der Waals surface area contributed by atoms with Gasteiger partial charge in [-0.2, -0.15) is 0 Å². The molecule has 2 aromatic heterocycles. The molecule has 10 rings (SSSR count). The monoisotopic (exact) mass is 974 g/mol. The summed E-state index contributed by atoms with van der Waals surface area (Å²) in [5.74, 6) is -5.19. The molecule has 14 nitrogen and oxygen atoms in total. The van der Waals surface area contributed by atoms with Gasteiger partial charge in [-0.15, -0.1) is 0 Å². The Bertz CT molecular complexity index is 2990. The Morgan fingerprint density at radius 3 is 1.39 bits per heavy atom. The van der Waals surface area contributed by atoms with Crippen LogP contribution in [0.1, 0.15) is 20.7 Å². The van der Waals surface area contributed by atoms with Crippen molar-refractivity contribution < 1.29 is 41.0 Å². The quantitative estimate of drug-likeness (QED) is 0.0964. The van der Waals surface area contributed by atoms with E-state index >= 15 is 0 Å². The summed E-state index contributed by atoms with van der Waals surface area (Å²) in [4.78, 5) is 47.0. The number of piperazine rings is 2. The molecular weight excluding hydrogens is 935 g/mol. The Kier molecular flexibility index (Phi) is 14.2. The highest BCUT2D eigenvalue weighted by Gasteiger charge is 2.20. The Labute approximate surface area is 401 Å². The van der Waals surface area contributed by atoms with Crippen LogP contribution in [0.5, 0.6) is 23.0 Å². The number of carbonyl (C=O) groups excluding carboxylic acids is 2. The van der Waals surface area contributed by atoms with Gasteiger partial charge in [-0.3, -0.25) is 19.6 Å². The molecule has 4 heterocycles. The third kappa shape index (κ3) is 11.3. The third-order valence-corrected chi connectivity index (χ3v) is 11.2. The fraction of sp³-hybridized carbons (Fsp3) is 0.160. The van der Waals surface area contributed by atoms with Crippen molar-refractivity contribution in [2.24, 2.45) is 0 Å². The van der Waals surface area contributed by atoms with E-state index in [1.54, 1.807) is 67.0 Å². The van der Waals surface area contributed by atoms with Crippen molar-refractivity contribution in [3.8, 4) is 23.0 Å². The second-order valence-electron chi connectivity index (χ2n) is 15.9. The first-order valence-corrected chi connectivity index (χ1v) is 22.2. The predicted molar refractivity (Wildman–Crippen MR) is 256 cm³/mol. The molecule has 20 heteroatoms. The number of fused-ring (bicyclic) bond motifs is 2. The van der Waals surface area contributed by atoms with Crippen LogP contribution in [0.4, 0.5) is 45.0 Å². The van der Waals surface area contributed by atoms with Crippen LogP contribution < -0.4 is 40.5 Å². The zero-order chi connectivity index (χ0) is 48.7. The molecule has 4 N–H and O–H groups in total. The minimum absolute atomic E-state index is 0.0172. The normalized spacial score (nSPS) is 13.6. The number of ether oxygens (including phenoxy) is 2. The zero-order valence-corrected chi connectivity index (χ0v) is 37.5. The molecule has 2 saturated heterocycles. The molecule has 70 heavy (non-hydrogen) atoms. The Hall–Kier alpha value is -8.00. The second kappa shape index (κ2) is 21.1. The Morgan fingerprint density at radius 1 is 0.529 bits per heavy atom. The molecule has 356 valence electrons. The standard InChI is InChI=1S/C25H20ClF2N5O2.C25H20F3N5O2/c2*26-16-3-1-2-15(10-16)25(34)31-17-11-19(27)24(20(28)12-17)35-18-4-5-21-22(13-18)32-23(14-30-21)33-8-6-29-7-9-33/h2*1-5,10-14,29H,6-9H2,(H,31,34). The lowest BCUT2D eigenvalue weighted by molar-refractivity contribution is 0.101. The number of anilines is 4. The summed E-state index contributed by atoms with van der Waals surface area (Å²) < 4.78 is 83.3. The molecule has 2 amide bonds. The largest absolute Gasteiger partial charge is 0.451 e. The van der Waals surface area contributed by atoms with Crippen molar-refractivity contribution in [3.05, 3.63) is 167 Å². The van der Waals surface area contributed by atoms with E-state index in [0.29, 0.717) is 32.9 Å². The first kappa shape index (κ1) is 47.1. The number of carbonyl (C=O) groups is 2. The molecule has 0 bridgehead atoms. The molecule has 2 fully saturated rings. The lowest BCUT2D eigenvalue weighted by Gasteiger charge is -2.28. The van der Waals surface area contributed by atoms with Crippen molar-refractivity contribution in [2.45, 2.75) is 0 Å². The number of hydrogen-bond acceptors (Lipinski definition) is 12. The number of hydrogen-bond donors (Lipinski definition) is 4. The maximum atomic E-state index is 14.8. The van der Waals surface area contributed by atoms with Gasteiger partial charge in [0.15, 0.2) is 34.8 Å². The number of nitrogens with one attached hydrogen (secondary N) is 4. The van der Waals surface area contributed by atoms with E-state index in [4.69, 9.17) is 21.1 Å². The minimum Gasteiger partial charge on any atom is -0.451 e. The highest BCUT2D eigenvalue weighted by atomic mass is 35.5. The minimum atomic E-state index is -1.01. The summed E-state index contributed by atoms with van der Waals surface area (Å²) in [6, 6.07) is 24.6. The van der Waals surface area contributed by atoms with Gasteiger partial charge < -0.3 is 40.5 Å². The van der Waals surface area contributed by atoms with Gasteiger partial charge in [-0.1, -0.05) is 23.7 Å². The van der Waals surface area contributed by atoms with Crippen LogP contribution in [0.25, 0.3) is 22.1 Å². The van der Waals surface area contributed by atoms with E-state index in [2.05, 4.69) is 51.0 Å². The second-order valence-corrected chi connectivity index (χ2v) is 16.3. The van der Waals surface area contributed by atoms with E-state index in [9.17, 15) is 31.5 Å². The number of halogens is 6. The summed E-state index contributed by atoms with van der Waals surface area (Å²) in [6.45, 7) is 6.64. The summed E-state index contributed by atoms with van der Waals surface area (Å²) in [5, 5.41) is 11.7. The Morgan fingerprint density at radius 2 is 0.957 bits per heavy atom. The van der Waals surface area contributed by atoms with Gasteiger partial charge in [0.2, 0.25) is 0 Å². The van der Waals surface area contributed by atoms with E-state index in [0.717, 1.165) is 88.5 Å². The van der Waals surface area contributed by atoms with Gasteiger partial charge in [0.05, 0.1) is 34.5 Å². The summed E-state index contributed by atoms with van der Waals surface area (Å²) in [5.41, 5.74) is 2.42. The third-order valence-electron chi connectivity index (χ3n) is 11.0. The van der Waals surface area contributed by atoms with Crippen molar-refractivity contribution in [1.29, 1.82) is 0 Å². The van der Waals surface area contributed by atoms with E-state index in [1.165, 1.54) is 24.3 Å². The number of amides is 2. The Balaban J connectivity index is 0.000000174. The van der Waals surface area contributed by atoms with Gasteiger partial charge in [-0.05, 0) is 60.7 Å². The van der Waals surface area contributed by atoms with Crippen molar-refractivity contribution in [2.75, 3.05) is 72.8 Å². The van der Waals surface area contributed by atoms with Gasteiger partial charge in [0, 0.05) is 116 Å². The fourth-order valence-corrected chi connectivity index (χ4v) is 7.73.